The Morgan fingerprint density at radius 2 is 1.86 bits per heavy atom. The fraction of sp³-hybridized carbons (Fsp3) is 0.211. The number of methoxy groups -OCH3 is 1. The summed E-state index contributed by atoms with van der Waals surface area (Å²) in [7, 11) is 1.42. The van der Waals surface area contributed by atoms with Crippen molar-refractivity contribution < 1.29 is 28.8 Å². The SMILES string of the molecule is COc1ccccc1C(=O)NCC(=O)OC(C)C(=O)Nc1cccc([N+](=O)[O-])c1. The normalized spacial score (nSPS) is 11.1. The fourth-order valence-electron chi connectivity index (χ4n) is 2.31. The smallest absolute Gasteiger partial charge is 0.326 e. The Hall–Kier alpha value is -3.95. The van der Waals surface area contributed by atoms with Gasteiger partial charge in [-0.15, -0.1) is 0 Å². The Labute approximate surface area is 166 Å². The molecule has 152 valence electrons. The maximum Gasteiger partial charge on any atom is 0.326 e. The van der Waals surface area contributed by atoms with Crippen LogP contribution in [0.2, 0.25) is 0 Å². The van der Waals surface area contributed by atoms with Crippen molar-refractivity contribution in [2.75, 3.05) is 19.0 Å². The van der Waals surface area contributed by atoms with Crippen LogP contribution in [-0.2, 0) is 14.3 Å². The molecule has 0 radical (unpaired) electrons. The average Bonchev–Trinajstić information content (AvgIpc) is 2.72. The third-order valence-electron chi connectivity index (χ3n) is 3.75. The van der Waals surface area contributed by atoms with Crippen LogP contribution < -0.4 is 15.4 Å². The standard InChI is InChI=1S/C19H19N3O7/c1-12(18(24)21-13-6-5-7-14(10-13)22(26)27)29-17(23)11-20-19(25)15-8-3-4-9-16(15)28-2/h3-10,12H,11H2,1-2H3,(H,20,25)(H,21,24). The zero-order chi connectivity index (χ0) is 21.4. The summed E-state index contributed by atoms with van der Waals surface area (Å²) < 4.78 is 10.1. The molecule has 2 aromatic carbocycles. The zero-order valence-electron chi connectivity index (χ0n) is 15.7. The molecule has 2 aromatic rings. The number of hydrogen-bond acceptors (Lipinski definition) is 7. The van der Waals surface area contributed by atoms with E-state index in [9.17, 15) is 24.5 Å². The van der Waals surface area contributed by atoms with Crippen LogP contribution in [0.25, 0.3) is 0 Å². The van der Waals surface area contributed by atoms with Gasteiger partial charge in [0.2, 0.25) is 0 Å². The molecule has 10 nitrogen and oxygen atoms in total. The Bertz CT molecular complexity index is 930. The second kappa shape index (κ2) is 9.83. The molecule has 0 aliphatic carbocycles. The number of hydrogen-bond donors (Lipinski definition) is 2. The maximum absolute atomic E-state index is 12.1. The topological polar surface area (TPSA) is 137 Å². The third-order valence-corrected chi connectivity index (χ3v) is 3.75. The number of nitro groups is 1. The van der Waals surface area contributed by atoms with Crippen LogP contribution in [0, 0.1) is 10.1 Å². The molecule has 0 fully saturated rings. The lowest BCUT2D eigenvalue weighted by Crippen LogP contribution is -2.36. The predicted molar refractivity (Wildman–Crippen MR) is 103 cm³/mol. The minimum absolute atomic E-state index is 0.188. The van der Waals surface area contributed by atoms with Crippen molar-refractivity contribution in [3.05, 3.63) is 64.2 Å². The summed E-state index contributed by atoms with van der Waals surface area (Å²) in [6.07, 6.45) is -1.18. The van der Waals surface area contributed by atoms with Gasteiger partial charge in [0.25, 0.3) is 17.5 Å². The van der Waals surface area contributed by atoms with E-state index in [1.165, 1.54) is 44.4 Å². The summed E-state index contributed by atoms with van der Waals surface area (Å²) in [5, 5.41) is 15.6. The first-order chi connectivity index (χ1) is 13.8. The molecule has 2 rings (SSSR count). The summed E-state index contributed by atoms with van der Waals surface area (Å²) in [5.74, 6) is -1.68. The van der Waals surface area contributed by atoms with Crippen LogP contribution in [0.5, 0.6) is 5.75 Å². The van der Waals surface area contributed by atoms with Gasteiger partial charge in [0.05, 0.1) is 17.6 Å². The highest BCUT2D eigenvalue weighted by Gasteiger charge is 2.20. The lowest BCUT2D eigenvalue weighted by molar-refractivity contribution is -0.384. The highest BCUT2D eigenvalue weighted by Crippen LogP contribution is 2.18. The molecule has 1 atom stereocenters. The van der Waals surface area contributed by atoms with E-state index < -0.39 is 35.4 Å². The van der Waals surface area contributed by atoms with Gasteiger partial charge in [-0.1, -0.05) is 18.2 Å². The molecule has 0 saturated carbocycles. The number of benzene rings is 2. The van der Waals surface area contributed by atoms with E-state index in [1.807, 2.05) is 0 Å². The Morgan fingerprint density at radius 3 is 2.55 bits per heavy atom. The molecule has 10 heteroatoms. The lowest BCUT2D eigenvalue weighted by atomic mass is 10.2. The average molecular weight is 401 g/mol. The van der Waals surface area contributed by atoms with Gasteiger partial charge in [-0.05, 0) is 25.1 Å². The van der Waals surface area contributed by atoms with E-state index in [4.69, 9.17) is 9.47 Å². The van der Waals surface area contributed by atoms with E-state index in [2.05, 4.69) is 10.6 Å². The lowest BCUT2D eigenvalue weighted by Gasteiger charge is -2.14. The molecule has 0 bridgehead atoms. The zero-order valence-corrected chi connectivity index (χ0v) is 15.7. The van der Waals surface area contributed by atoms with Crippen molar-refractivity contribution in [3.8, 4) is 5.75 Å². The second-order valence-electron chi connectivity index (χ2n) is 5.81. The number of rotatable bonds is 8. The third kappa shape index (κ3) is 6.03. The largest absolute Gasteiger partial charge is 0.496 e. The molecule has 2 amide bonds. The number of carbonyl (C=O) groups is 3. The minimum atomic E-state index is -1.18. The Morgan fingerprint density at radius 1 is 1.14 bits per heavy atom. The van der Waals surface area contributed by atoms with Crippen molar-refractivity contribution in [2.24, 2.45) is 0 Å². The molecule has 0 aliphatic rings. The summed E-state index contributed by atoms with van der Waals surface area (Å²) in [4.78, 5) is 46.3. The fourth-order valence-corrected chi connectivity index (χ4v) is 2.31. The van der Waals surface area contributed by atoms with Gasteiger partial charge in [0, 0.05) is 17.8 Å². The number of nitro benzene ring substituents is 1. The van der Waals surface area contributed by atoms with Gasteiger partial charge >= 0.3 is 5.97 Å². The summed E-state index contributed by atoms with van der Waals surface area (Å²) in [6.45, 7) is 0.887. The number of anilines is 1. The first kappa shape index (κ1) is 21.4. The predicted octanol–water partition coefficient (Wildman–Crippen LogP) is 1.90. The molecule has 0 aromatic heterocycles. The molecule has 0 heterocycles. The molecular formula is C19H19N3O7. The molecule has 0 saturated heterocycles. The Balaban J connectivity index is 1.86. The summed E-state index contributed by atoms with van der Waals surface area (Å²) in [5.41, 5.74) is 0.252. The van der Waals surface area contributed by atoms with Crippen LogP contribution in [-0.4, -0.2) is 42.5 Å². The number of nitrogens with zero attached hydrogens (tertiary/aromatic N) is 1. The van der Waals surface area contributed by atoms with Crippen molar-refractivity contribution in [3.63, 3.8) is 0 Å². The van der Waals surface area contributed by atoms with Gasteiger partial charge in [-0.25, -0.2) is 0 Å². The van der Waals surface area contributed by atoms with Crippen molar-refractivity contribution in [1.82, 2.24) is 5.32 Å². The van der Waals surface area contributed by atoms with Crippen LogP contribution >= 0.6 is 0 Å². The van der Waals surface area contributed by atoms with E-state index in [0.717, 1.165) is 0 Å². The monoisotopic (exact) mass is 401 g/mol. The van der Waals surface area contributed by atoms with E-state index in [1.54, 1.807) is 18.2 Å². The van der Waals surface area contributed by atoms with Crippen molar-refractivity contribution >= 4 is 29.2 Å². The molecular weight excluding hydrogens is 382 g/mol. The number of carbonyl (C=O) groups excluding carboxylic acids is 3. The number of para-hydroxylation sites is 1. The summed E-state index contributed by atoms with van der Waals surface area (Å²) >= 11 is 0. The number of amides is 2. The molecule has 1 unspecified atom stereocenters. The second-order valence-corrected chi connectivity index (χ2v) is 5.81. The first-order valence-electron chi connectivity index (χ1n) is 8.48. The summed E-state index contributed by atoms with van der Waals surface area (Å²) in [6, 6.07) is 11.8. The van der Waals surface area contributed by atoms with Crippen LogP contribution in [0.4, 0.5) is 11.4 Å². The number of nitrogens with one attached hydrogen (secondary N) is 2. The Kier molecular flexibility index (Phi) is 7.24. The molecule has 0 spiro atoms. The van der Waals surface area contributed by atoms with Crippen LogP contribution in [0.15, 0.2) is 48.5 Å². The van der Waals surface area contributed by atoms with Gasteiger partial charge in [0.15, 0.2) is 6.10 Å². The maximum atomic E-state index is 12.1. The first-order valence-corrected chi connectivity index (χ1v) is 8.48. The van der Waals surface area contributed by atoms with E-state index >= 15 is 0 Å². The highest BCUT2D eigenvalue weighted by atomic mass is 16.6. The number of ether oxygens (including phenoxy) is 2. The molecule has 0 aliphatic heterocycles. The van der Waals surface area contributed by atoms with Gasteiger partial charge in [-0.2, -0.15) is 0 Å². The van der Waals surface area contributed by atoms with Gasteiger partial charge < -0.3 is 20.1 Å². The van der Waals surface area contributed by atoms with Crippen molar-refractivity contribution in [1.29, 1.82) is 0 Å². The minimum Gasteiger partial charge on any atom is -0.496 e. The highest BCUT2D eigenvalue weighted by molar-refractivity contribution is 5.99. The van der Waals surface area contributed by atoms with Gasteiger partial charge in [0.1, 0.15) is 12.3 Å². The quantitative estimate of drug-likeness (QED) is 0.391. The van der Waals surface area contributed by atoms with E-state index in [-0.39, 0.29) is 16.9 Å². The van der Waals surface area contributed by atoms with Crippen LogP contribution in [0.1, 0.15) is 17.3 Å². The van der Waals surface area contributed by atoms with E-state index in [0.29, 0.717) is 5.75 Å². The van der Waals surface area contributed by atoms with Crippen molar-refractivity contribution in [2.45, 2.75) is 13.0 Å². The molecule has 2 N–H and O–H groups in total. The number of esters is 1. The molecule has 29 heavy (non-hydrogen) atoms. The van der Waals surface area contributed by atoms with Gasteiger partial charge in [-0.3, -0.25) is 24.5 Å². The number of non-ortho nitro benzene ring substituents is 1. The van der Waals surface area contributed by atoms with Crippen LogP contribution in [0.3, 0.4) is 0 Å².